The van der Waals surface area contributed by atoms with Crippen molar-refractivity contribution in [3.05, 3.63) is 44.8 Å². The maximum Gasteiger partial charge on any atom is 0.261 e. The Morgan fingerprint density at radius 1 is 1.38 bits per heavy atom. The van der Waals surface area contributed by atoms with Crippen molar-refractivity contribution in [1.82, 2.24) is 14.9 Å². The summed E-state index contributed by atoms with van der Waals surface area (Å²) >= 11 is 7.51. The third-order valence-corrected chi connectivity index (χ3v) is 5.99. The number of rotatable bonds is 5. The van der Waals surface area contributed by atoms with E-state index >= 15 is 0 Å². The molecule has 3 heterocycles. The molecule has 8 nitrogen and oxygen atoms in total. The Bertz CT molecular complexity index is 1300. The van der Waals surface area contributed by atoms with Gasteiger partial charge in [0.15, 0.2) is 0 Å². The predicted octanol–water partition coefficient (Wildman–Crippen LogP) is 3.10. The van der Waals surface area contributed by atoms with Gasteiger partial charge in [-0.25, -0.2) is 4.98 Å². The van der Waals surface area contributed by atoms with E-state index in [0.29, 0.717) is 20.8 Å². The number of carbonyl (C=O) groups is 2. The molecule has 0 saturated heterocycles. The largest absolute Gasteiger partial charge is 0.355 e. The molecule has 0 aliphatic heterocycles. The molecular formula is C19H18ClN5O3S. The van der Waals surface area contributed by atoms with Gasteiger partial charge in [-0.2, -0.15) is 0 Å². The summed E-state index contributed by atoms with van der Waals surface area (Å²) in [6, 6.07) is 1.42. The highest BCUT2D eigenvalue weighted by Crippen LogP contribution is 2.35. The van der Waals surface area contributed by atoms with Crippen molar-refractivity contribution in [3.63, 3.8) is 0 Å². The number of aryl methyl sites for hydroxylation is 1. The number of pyridine rings is 2. The lowest BCUT2D eigenvalue weighted by Gasteiger charge is -2.13. The Morgan fingerprint density at radius 3 is 2.90 bits per heavy atom. The van der Waals surface area contributed by atoms with Crippen LogP contribution in [0.4, 0.5) is 17.2 Å². The van der Waals surface area contributed by atoms with Gasteiger partial charge in [-0.3, -0.25) is 14.4 Å². The molecule has 0 bridgehead atoms. The summed E-state index contributed by atoms with van der Waals surface area (Å²) in [7, 11) is 1.57. The van der Waals surface area contributed by atoms with Crippen LogP contribution in [0.5, 0.6) is 0 Å². The highest BCUT2D eigenvalue weighted by Gasteiger charge is 2.30. The predicted molar refractivity (Wildman–Crippen MR) is 114 cm³/mol. The molecular weight excluding hydrogens is 414 g/mol. The summed E-state index contributed by atoms with van der Waals surface area (Å²) in [5.41, 5.74) is 0.206. The number of nitrogens with zero attached hydrogens (tertiary/aromatic N) is 2. The summed E-state index contributed by atoms with van der Waals surface area (Å²) < 4.78 is 23.8. The van der Waals surface area contributed by atoms with Crippen LogP contribution < -0.4 is 21.5 Å². The number of hydrogen-bond donors (Lipinski definition) is 3. The second kappa shape index (κ2) is 7.49. The quantitative estimate of drug-likeness (QED) is 0.572. The molecule has 1 fully saturated rings. The second-order valence-electron chi connectivity index (χ2n) is 6.70. The van der Waals surface area contributed by atoms with Gasteiger partial charge in [0.2, 0.25) is 5.91 Å². The summed E-state index contributed by atoms with van der Waals surface area (Å²) in [5, 5.41) is 10.0. The standard InChI is InChI=1S/C19H18ClN5O3S/c1-21-18(27)10-6-22-14(24-17(26)9-3-4-9)5-12(10)23-13-8-29-16-11(20)7-25(2)19(28)15(13)16/h5-9H,3-4H2,1-2H3,(H,21,27)(H2,22,23,24,26)/i1D3. The first-order valence-corrected chi connectivity index (χ1v) is 9.96. The minimum Gasteiger partial charge on any atom is -0.355 e. The maximum absolute atomic E-state index is 12.7. The number of amides is 2. The van der Waals surface area contributed by atoms with Gasteiger partial charge in [0.1, 0.15) is 5.82 Å². The number of nitrogens with one attached hydrogen (secondary N) is 3. The van der Waals surface area contributed by atoms with E-state index in [4.69, 9.17) is 15.7 Å². The van der Waals surface area contributed by atoms with Gasteiger partial charge in [0.25, 0.3) is 11.5 Å². The number of fused-ring (bicyclic) bond motifs is 1. The van der Waals surface area contributed by atoms with E-state index in [0.717, 1.165) is 12.8 Å². The van der Waals surface area contributed by atoms with Gasteiger partial charge in [0.05, 0.1) is 32.0 Å². The monoisotopic (exact) mass is 434 g/mol. The summed E-state index contributed by atoms with van der Waals surface area (Å²) in [5.74, 6) is -0.923. The molecule has 29 heavy (non-hydrogen) atoms. The fourth-order valence-corrected chi connectivity index (χ4v) is 4.16. The van der Waals surface area contributed by atoms with Crippen molar-refractivity contribution in [2.45, 2.75) is 12.8 Å². The average Bonchev–Trinajstić information content (AvgIpc) is 3.46. The number of anilines is 3. The summed E-state index contributed by atoms with van der Waals surface area (Å²) in [4.78, 5) is 41.5. The van der Waals surface area contributed by atoms with Crippen molar-refractivity contribution >= 4 is 62.0 Å². The van der Waals surface area contributed by atoms with Crippen LogP contribution in [-0.4, -0.2) is 28.3 Å². The SMILES string of the molecule is [2H]C([2H])([2H])NC(=O)c1cnc(NC(=O)C2CC2)cc1Nc1csc2c(Cl)cn(C)c(=O)c12. The van der Waals surface area contributed by atoms with Crippen LogP contribution in [-0.2, 0) is 11.8 Å². The Labute approximate surface area is 179 Å². The molecule has 0 spiro atoms. The van der Waals surface area contributed by atoms with E-state index in [-0.39, 0.29) is 34.5 Å². The molecule has 0 atom stereocenters. The molecule has 3 aromatic rings. The minimum absolute atomic E-state index is 0.0577. The lowest BCUT2D eigenvalue weighted by molar-refractivity contribution is -0.117. The molecule has 0 radical (unpaired) electrons. The van der Waals surface area contributed by atoms with E-state index in [9.17, 15) is 14.4 Å². The number of halogens is 1. The molecule has 1 aliphatic carbocycles. The molecule has 4 rings (SSSR count). The van der Waals surface area contributed by atoms with Crippen molar-refractivity contribution in [2.24, 2.45) is 13.0 Å². The summed E-state index contributed by atoms with van der Waals surface area (Å²) in [6.07, 6.45) is 4.30. The van der Waals surface area contributed by atoms with Crippen LogP contribution >= 0.6 is 22.9 Å². The van der Waals surface area contributed by atoms with Gasteiger partial charge in [0, 0.05) is 47.9 Å². The molecule has 0 aromatic carbocycles. The van der Waals surface area contributed by atoms with Crippen molar-refractivity contribution in [1.29, 1.82) is 0 Å². The third kappa shape index (κ3) is 3.70. The Hall–Kier alpha value is -2.91. The van der Waals surface area contributed by atoms with E-state index in [1.165, 1.54) is 34.4 Å². The second-order valence-corrected chi connectivity index (χ2v) is 7.99. The van der Waals surface area contributed by atoms with Gasteiger partial charge in [-0.15, -0.1) is 11.3 Å². The highest BCUT2D eigenvalue weighted by atomic mass is 35.5. The number of hydrogen-bond acceptors (Lipinski definition) is 6. The Kier molecular flexibility index (Phi) is 4.12. The first kappa shape index (κ1) is 15.9. The number of aromatic nitrogens is 2. The Morgan fingerprint density at radius 2 is 2.17 bits per heavy atom. The molecule has 1 aliphatic rings. The van der Waals surface area contributed by atoms with Crippen LogP contribution in [0.15, 0.2) is 28.6 Å². The summed E-state index contributed by atoms with van der Waals surface area (Å²) in [6.45, 7) is -2.70. The zero-order valence-corrected chi connectivity index (χ0v) is 16.8. The van der Waals surface area contributed by atoms with Gasteiger partial charge < -0.3 is 20.5 Å². The molecule has 0 unspecified atom stereocenters. The molecule has 10 heteroatoms. The van der Waals surface area contributed by atoms with E-state index in [2.05, 4.69) is 15.6 Å². The normalized spacial score (nSPS) is 15.3. The van der Waals surface area contributed by atoms with E-state index in [1.54, 1.807) is 12.4 Å². The lowest BCUT2D eigenvalue weighted by Crippen LogP contribution is -2.21. The van der Waals surface area contributed by atoms with Crippen LogP contribution in [0.25, 0.3) is 10.1 Å². The van der Waals surface area contributed by atoms with Crippen LogP contribution in [0.1, 0.15) is 27.3 Å². The van der Waals surface area contributed by atoms with Crippen molar-refractivity contribution < 1.29 is 13.7 Å². The van der Waals surface area contributed by atoms with Gasteiger partial charge in [-0.05, 0) is 12.8 Å². The maximum atomic E-state index is 12.7. The number of thiophene rings is 1. The van der Waals surface area contributed by atoms with E-state index in [1.807, 2.05) is 5.32 Å². The smallest absolute Gasteiger partial charge is 0.261 e. The van der Waals surface area contributed by atoms with Crippen molar-refractivity contribution in [3.8, 4) is 0 Å². The fourth-order valence-electron chi connectivity index (χ4n) is 2.90. The first-order chi connectivity index (χ1) is 15.0. The zero-order valence-electron chi connectivity index (χ0n) is 18.2. The molecule has 150 valence electrons. The zero-order chi connectivity index (χ0) is 23.2. The minimum atomic E-state index is -2.70. The van der Waals surface area contributed by atoms with Crippen molar-refractivity contribution in [2.75, 3.05) is 17.6 Å². The topological polar surface area (TPSA) is 105 Å². The van der Waals surface area contributed by atoms with Crippen LogP contribution in [0.2, 0.25) is 5.02 Å². The lowest BCUT2D eigenvalue weighted by atomic mass is 10.2. The van der Waals surface area contributed by atoms with Crippen LogP contribution in [0, 0.1) is 5.92 Å². The molecule has 2 amide bonds. The van der Waals surface area contributed by atoms with E-state index < -0.39 is 12.9 Å². The van der Waals surface area contributed by atoms with Gasteiger partial charge >= 0.3 is 0 Å². The fraction of sp³-hybridized carbons (Fsp3) is 0.263. The molecule has 3 aromatic heterocycles. The molecule has 3 N–H and O–H groups in total. The molecule has 1 saturated carbocycles. The number of carbonyl (C=O) groups excluding carboxylic acids is 2. The third-order valence-electron chi connectivity index (χ3n) is 4.58. The van der Waals surface area contributed by atoms with Gasteiger partial charge in [-0.1, -0.05) is 11.6 Å². The average molecular weight is 435 g/mol. The van der Waals surface area contributed by atoms with Crippen LogP contribution in [0.3, 0.4) is 0 Å². The first-order valence-electron chi connectivity index (χ1n) is 10.2. The Balaban J connectivity index is 1.76. The highest BCUT2D eigenvalue weighted by molar-refractivity contribution is 7.18.